The van der Waals surface area contributed by atoms with Crippen molar-refractivity contribution in [1.82, 2.24) is 10.2 Å². The van der Waals surface area contributed by atoms with Crippen LogP contribution in [-0.4, -0.2) is 23.2 Å². The Morgan fingerprint density at radius 1 is 1.47 bits per heavy atom. The Bertz CT molecular complexity index is 602. The van der Waals surface area contributed by atoms with Gasteiger partial charge in [-0.1, -0.05) is 18.2 Å². The van der Waals surface area contributed by atoms with Gasteiger partial charge < -0.3 is 10.6 Å². The molecule has 1 aliphatic rings. The molecule has 3 rings (SSSR count). The first kappa shape index (κ1) is 9.89. The van der Waals surface area contributed by atoms with Crippen LogP contribution in [0.3, 0.4) is 0 Å². The molecule has 0 bridgehead atoms. The molecule has 3 N–H and O–H groups in total. The second-order valence-electron chi connectivity index (χ2n) is 4.15. The molecule has 1 aliphatic heterocycles. The Balaban J connectivity index is 2.20. The number of nitrogens with zero attached hydrogens (tertiary/aromatic N) is 2. The third kappa shape index (κ3) is 1.39. The average molecular weight is 228 g/mol. The zero-order valence-electron chi connectivity index (χ0n) is 9.40. The van der Waals surface area contributed by atoms with Crippen molar-refractivity contribution < 1.29 is 4.79 Å². The van der Waals surface area contributed by atoms with Crippen molar-refractivity contribution in [3.8, 4) is 11.3 Å². The van der Waals surface area contributed by atoms with Crippen molar-refractivity contribution in [2.75, 3.05) is 17.7 Å². The van der Waals surface area contributed by atoms with Gasteiger partial charge in [0.25, 0.3) is 0 Å². The molecule has 0 spiro atoms. The fourth-order valence-corrected chi connectivity index (χ4v) is 2.23. The highest BCUT2D eigenvalue weighted by Crippen LogP contribution is 2.37. The lowest BCUT2D eigenvalue weighted by Gasteiger charge is -2.14. The number of aromatic nitrogens is 2. The molecule has 0 saturated carbocycles. The van der Waals surface area contributed by atoms with Gasteiger partial charge in [0.15, 0.2) is 0 Å². The molecule has 1 amide bonds. The zero-order chi connectivity index (χ0) is 12.0. The maximum Gasteiger partial charge on any atom is 0.231 e. The Morgan fingerprint density at radius 2 is 2.29 bits per heavy atom. The second kappa shape index (κ2) is 3.35. The molecule has 5 heteroatoms. The third-order valence-corrected chi connectivity index (χ3v) is 3.06. The van der Waals surface area contributed by atoms with Gasteiger partial charge in [0, 0.05) is 18.7 Å². The monoisotopic (exact) mass is 228 g/mol. The molecule has 1 aromatic carbocycles. The summed E-state index contributed by atoms with van der Waals surface area (Å²) >= 11 is 0. The molecule has 17 heavy (non-hydrogen) atoms. The van der Waals surface area contributed by atoms with Crippen molar-refractivity contribution in [2.45, 2.75) is 6.42 Å². The molecule has 0 atom stereocenters. The van der Waals surface area contributed by atoms with Crippen molar-refractivity contribution in [1.29, 1.82) is 0 Å². The van der Waals surface area contributed by atoms with Gasteiger partial charge in [-0.2, -0.15) is 5.10 Å². The second-order valence-corrected chi connectivity index (χ2v) is 4.15. The minimum absolute atomic E-state index is 0.111. The minimum Gasteiger partial charge on any atom is -0.382 e. The molecule has 1 aromatic heterocycles. The summed E-state index contributed by atoms with van der Waals surface area (Å²) in [4.78, 5) is 13.4. The number of rotatable bonds is 1. The first-order valence-electron chi connectivity index (χ1n) is 5.36. The summed E-state index contributed by atoms with van der Waals surface area (Å²) in [6.45, 7) is 0. The summed E-state index contributed by atoms with van der Waals surface area (Å²) in [5.41, 5.74) is 9.38. The van der Waals surface area contributed by atoms with Gasteiger partial charge in [0.1, 0.15) is 5.82 Å². The van der Waals surface area contributed by atoms with E-state index < -0.39 is 0 Å². The number of aromatic amines is 1. The number of H-pyrrole nitrogens is 1. The van der Waals surface area contributed by atoms with E-state index in [0.717, 1.165) is 22.5 Å². The lowest BCUT2D eigenvalue weighted by atomic mass is 10.0. The van der Waals surface area contributed by atoms with Crippen LogP contribution in [0.1, 0.15) is 5.56 Å². The van der Waals surface area contributed by atoms with E-state index in [1.54, 1.807) is 18.0 Å². The van der Waals surface area contributed by atoms with Crippen molar-refractivity contribution in [3.63, 3.8) is 0 Å². The van der Waals surface area contributed by atoms with Gasteiger partial charge in [-0.3, -0.25) is 9.89 Å². The average Bonchev–Trinajstić information content (AvgIpc) is 2.85. The van der Waals surface area contributed by atoms with Crippen LogP contribution < -0.4 is 10.6 Å². The first-order chi connectivity index (χ1) is 8.16. The van der Waals surface area contributed by atoms with E-state index in [0.29, 0.717) is 12.2 Å². The number of hydrogen-bond acceptors (Lipinski definition) is 3. The van der Waals surface area contributed by atoms with E-state index in [9.17, 15) is 4.79 Å². The number of benzene rings is 1. The van der Waals surface area contributed by atoms with Crippen LogP contribution in [0.5, 0.6) is 0 Å². The minimum atomic E-state index is 0.111. The summed E-state index contributed by atoms with van der Waals surface area (Å²) in [6, 6.07) is 7.64. The third-order valence-electron chi connectivity index (χ3n) is 3.06. The van der Waals surface area contributed by atoms with E-state index in [1.165, 1.54) is 0 Å². The van der Waals surface area contributed by atoms with E-state index >= 15 is 0 Å². The van der Waals surface area contributed by atoms with Gasteiger partial charge in [0.2, 0.25) is 5.91 Å². The van der Waals surface area contributed by atoms with E-state index in [4.69, 9.17) is 5.73 Å². The van der Waals surface area contributed by atoms with Crippen LogP contribution in [0.25, 0.3) is 11.3 Å². The molecule has 2 heterocycles. The van der Waals surface area contributed by atoms with Gasteiger partial charge in [-0.25, -0.2) is 0 Å². The lowest BCUT2D eigenvalue weighted by molar-refractivity contribution is -0.117. The maximum absolute atomic E-state index is 11.7. The number of nitrogens with two attached hydrogens (primary N) is 1. The lowest BCUT2D eigenvalue weighted by Crippen LogP contribution is -2.21. The Kier molecular flexibility index (Phi) is 1.95. The summed E-state index contributed by atoms with van der Waals surface area (Å²) in [6.07, 6.45) is 0.462. The number of fused-ring (bicyclic) bond motifs is 1. The van der Waals surface area contributed by atoms with Crippen molar-refractivity contribution >= 4 is 17.4 Å². The fraction of sp³-hybridized carbons (Fsp3) is 0.167. The standard InChI is InChI=1S/C12H12N4O/c1-16-11(17)5-7-3-2-4-8(12(7)16)9-6-10(13)15-14-9/h2-4,6H,5H2,1H3,(H3,13,14,15). The summed E-state index contributed by atoms with van der Waals surface area (Å²) in [5.74, 6) is 0.560. The van der Waals surface area contributed by atoms with Gasteiger partial charge in [-0.15, -0.1) is 0 Å². The highest BCUT2D eigenvalue weighted by molar-refractivity contribution is 6.05. The van der Waals surface area contributed by atoms with Gasteiger partial charge in [-0.05, 0) is 5.56 Å². The largest absolute Gasteiger partial charge is 0.382 e. The van der Waals surface area contributed by atoms with Crippen LogP contribution in [0.15, 0.2) is 24.3 Å². The van der Waals surface area contributed by atoms with Crippen LogP contribution in [0, 0.1) is 0 Å². The number of para-hydroxylation sites is 1. The van der Waals surface area contributed by atoms with Crippen LogP contribution in [0.2, 0.25) is 0 Å². The van der Waals surface area contributed by atoms with Crippen LogP contribution >= 0.6 is 0 Å². The molecule has 0 aliphatic carbocycles. The molecule has 0 saturated heterocycles. The molecular formula is C12H12N4O. The number of nitrogens with one attached hydrogen (secondary N) is 1. The van der Waals surface area contributed by atoms with Crippen molar-refractivity contribution in [2.24, 2.45) is 0 Å². The number of hydrogen-bond donors (Lipinski definition) is 2. The number of carbonyl (C=O) groups excluding carboxylic acids is 1. The first-order valence-corrected chi connectivity index (χ1v) is 5.36. The summed E-state index contributed by atoms with van der Waals surface area (Å²) < 4.78 is 0. The molecule has 0 radical (unpaired) electrons. The van der Waals surface area contributed by atoms with Crippen molar-refractivity contribution in [3.05, 3.63) is 29.8 Å². The number of carbonyl (C=O) groups is 1. The molecule has 0 fully saturated rings. The number of likely N-dealkylation sites (N-methyl/N-ethyl adjacent to an activating group) is 1. The predicted molar refractivity (Wildman–Crippen MR) is 65.6 cm³/mol. The smallest absolute Gasteiger partial charge is 0.231 e. The van der Waals surface area contributed by atoms with Crippen LogP contribution in [0.4, 0.5) is 11.5 Å². The maximum atomic E-state index is 11.7. The highest BCUT2D eigenvalue weighted by atomic mass is 16.2. The molecule has 2 aromatic rings. The molecule has 0 unspecified atom stereocenters. The number of amides is 1. The number of anilines is 2. The topological polar surface area (TPSA) is 75.0 Å². The normalized spacial score (nSPS) is 14.2. The molecular weight excluding hydrogens is 216 g/mol. The quantitative estimate of drug-likeness (QED) is 0.769. The SMILES string of the molecule is CN1C(=O)Cc2cccc(-c3cc(N)n[nH]3)c21. The Morgan fingerprint density at radius 3 is 3.00 bits per heavy atom. The Hall–Kier alpha value is -2.30. The van der Waals surface area contributed by atoms with Gasteiger partial charge >= 0.3 is 0 Å². The predicted octanol–water partition coefficient (Wildman–Crippen LogP) is 1.18. The fourth-order valence-electron chi connectivity index (χ4n) is 2.23. The van der Waals surface area contributed by atoms with E-state index in [2.05, 4.69) is 10.2 Å². The molecule has 5 nitrogen and oxygen atoms in total. The highest BCUT2D eigenvalue weighted by Gasteiger charge is 2.27. The van der Waals surface area contributed by atoms with Gasteiger partial charge in [0.05, 0.1) is 17.8 Å². The van der Waals surface area contributed by atoms with E-state index in [1.807, 2.05) is 18.2 Å². The molecule has 86 valence electrons. The van der Waals surface area contributed by atoms with E-state index in [-0.39, 0.29) is 5.91 Å². The Labute approximate surface area is 98.2 Å². The van der Waals surface area contributed by atoms with Crippen LogP contribution in [-0.2, 0) is 11.2 Å². The summed E-state index contributed by atoms with van der Waals surface area (Å²) in [5, 5.41) is 6.79. The summed E-state index contributed by atoms with van der Waals surface area (Å²) in [7, 11) is 1.79. The zero-order valence-corrected chi connectivity index (χ0v) is 9.40. The number of nitrogen functional groups attached to an aromatic ring is 1.